The Balaban J connectivity index is 1.92. The van der Waals surface area contributed by atoms with Crippen LogP contribution in [-0.2, 0) is 22.7 Å². The predicted octanol–water partition coefficient (Wildman–Crippen LogP) is 3.05. The van der Waals surface area contributed by atoms with Crippen LogP contribution in [0, 0.1) is 6.92 Å². The fourth-order valence-corrected chi connectivity index (χ4v) is 3.65. The highest BCUT2D eigenvalue weighted by Gasteiger charge is 2.35. The summed E-state index contributed by atoms with van der Waals surface area (Å²) in [5, 5.41) is 5.38. The molecule has 0 unspecified atom stereocenters. The van der Waals surface area contributed by atoms with E-state index in [0.717, 1.165) is 10.6 Å². The van der Waals surface area contributed by atoms with Crippen LogP contribution in [0.5, 0.6) is 0 Å². The number of carbonyl (C=O) groups is 1. The molecule has 0 aliphatic heterocycles. The lowest BCUT2D eigenvalue weighted by Gasteiger charge is -2.20. The molecule has 3 rings (SSSR count). The molecule has 2 aromatic heterocycles. The van der Waals surface area contributed by atoms with Gasteiger partial charge < -0.3 is 16.4 Å². The number of hydrogen-bond acceptors (Lipinski definition) is 8. The van der Waals surface area contributed by atoms with E-state index in [0.29, 0.717) is 23.0 Å². The Labute approximate surface area is 199 Å². The Bertz CT molecular complexity index is 1360. The lowest BCUT2D eigenvalue weighted by molar-refractivity contribution is -0.137. The number of nitrogens with one attached hydrogen (secondary N) is 2. The van der Waals surface area contributed by atoms with E-state index in [1.165, 1.54) is 37.5 Å². The number of nitrogens with two attached hydrogens (primary N) is 1. The summed E-state index contributed by atoms with van der Waals surface area (Å²) in [7, 11) is -2.31. The minimum absolute atomic E-state index is 0.138. The van der Waals surface area contributed by atoms with Gasteiger partial charge in [-0.1, -0.05) is 0 Å². The van der Waals surface area contributed by atoms with E-state index in [-0.39, 0.29) is 23.9 Å². The van der Waals surface area contributed by atoms with E-state index in [4.69, 9.17) is 5.73 Å². The zero-order valence-corrected chi connectivity index (χ0v) is 19.7. The molecule has 3 aromatic rings. The molecule has 14 heteroatoms. The lowest BCUT2D eigenvalue weighted by atomic mass is 10.1. The highest BCUT2D eigenvalue weighted by atomic mass is 32.2. The Morgan fingerprint density at radius 1 is 1.20 bits per heavy atom. The van der Waals surface area contributed by atoms with Crippen molar-refractivity contribution in [3.63, 3.8) is 0 Å². The van der Waals surface area contributed by atoms with E-state index < -0.39 is 33.5 Å². The zero-order valence-electron chi connectivity index (χ0n) is 18.9. The van der Waals surface area contributed by atoms with E-state index >= 15 is 0 Å². The number of aryl methyl sites for hydroxylation is 1. The maximum atomic E-state index is 13.6. The number of halogens is 3. The third-order valence-corrected chi connectivity index (χ3v) is 6.16. The first-order chi connectivity index (χ1) is 16.3. The number of carbonyl (C=O) groups excluding carboxylic acids is 1. The predicted molar refractivity (Wildman–Crippen MR) is 125 cm³/mol. The summed E-state index contributed by atoms with van der Waals surface area (Å²) in [5.74, 6) is -1.28. The van der Waals surface area contributed by atoms with Crippen molar-refractivity contribution in [2.45, 2.75) is 19.6 Å². The molecule has 0 atom stereocenters. The third-order valence-electron chi connectivity index (χ3n) is 4.97. The number of nitrogens with zero attached hydrogens (tertiary/aromatic N) is 4. The van der Waals surface area contributed by atoms with Crippen LogP contribution in [0.2, 0.25) is 0 Å². The molecule has 1 aromatic carbocycles. The number of aromatic nitrogens is 3. The summed E-state index contributed by atoms with van der Waals surface area (Å²) in [4.78, 5) is 23.2. The molecule has 0 bridgehead atoms. The third kappa shape index (κ3) is 6.15. The standard InChI is InChI=1S/C21H22F3N7O3S/c1-12-9-13(6-7-14(12)18(25)32)29-20-28-10-15(21(22,23)24)19(30-20)27-11-16-17(5-4-8-26-16)31(2)35(3,33)34/h4-10H,11H2,1-3H3,(H2,25,32)(H2,27,28,29,30). The summed E-state index contributed by atoms with van der Waals surface area (Å²) in [5.41, 5.74) is 5.86. The fraction of sp³-hybridized carbons (Fsp3) is 0.238. The first-order valence-electron chi connectivity index (χ1n) is 10.0. The smallest absolute Gasteiger partial charge is 0.366 e. The number of hydrogen-bond donors (Lipinski definition) is 3. The summed E-state index contributed by atoms with van der Waals surface area (Å²) in [6, 6.07) is 7.57. The van der Waals surface area contributed by atoms with Crippen molar-refractivity contribution in [1.82, 2.24) is 15.0 Å². The van der Waals surface area contributed by atoms with Gasteiger partial charge in [0.2, 0.25) is 21.9 Å². The van der Waals surface area contributed by atoms with Gasteiger partial charge in [-0.15, -0.1) is 0 Å². The summed E-state index contributed by atoms with van der Waals surface area (Å²) < 4.78 is 65.6. The Morgan fingerprint density at radius 3 is 2.51 bits per heavy atom. The molecule has 4 N–H and O–H groups in total. The van der Waals surface area contributed by atoms with Crippen LogP contribution in [0.1, 0.15) is 27.2 Å². The van der Waals surface area contributed by atoms with Crippen LogP contribution in [0.15, 0.2) is 42.7 Å². The molecule has 0 radical (unpaired) electrons. The van der Waals surface area contributed by atoms with E-state index in [2.05, 4.69) is 25.6 Å². The lowest BCUT2D eigenvalue weighted by Crippen LogP contribution is -2.26. The van der Waals surface area contributed by atoms with Crippen molar-refractivity contribution in [3.05, 3.63) is 65.1 Å². The fourth-order valence-electron chi connectivity index (χ4n) is 3.13. The minimum Gasteiger partial charge on any atom is -0.366 e. The van der Waals surface area contributed by atoms with Crippen molar-refractivity contribution in [2.75, 3.05) is 28.2 Å². The molecule has 2 heterocycles. The molecule has 35 heavy (non-hydrogen) atoms. The van der Waals surface area contributed by atoms with E-state index in [1.807, 2.05) is 0 Å². The van der Waals surface area contributed by atoms with Gasteiger partial charge in [0.15, 0.2) is 0 Å². The SMILES string of the molecule is Cc1cc(Nc2ncc(C(F)(F)F)c(NCc3ncccc3N(C)S(C)(=O)=O)n2)ccc1C(N)=O. The van der Waals surface area contributed by atoms with Gasteiger partial charge in [-0.2, -0.15) is 18.2 Å². The second-order valence-electron chi connectivity index (χ2n) is 7.53. The van der Waals surface area contributed by atoms with Crippen LogP contribution in [0.3, 0.4) is 0 Å². The normalized spacial score (nSPS) is 11.7. The average Bonchev–Trinajstić information content (AvgIpc) is 2.76. The molecule has 1 amide bonds. The van der Waals surface area contributed by atoms with Crippen LogP contribution >= 0.6 is 0 Å². The van der Waals surface area contributed by atoms with Gasteiger partial charge in [0.05, 0.1) is 24.2 Å². The highest BCUT2D eigenvalue weighted by molar-refractivity contribution is 7.92. The van der Waals surface area contributed by atoms with Crippen molar-refractivity contribution in [2.24, 2.45) is 5.73 Å². The number of anilines is 4. The second kappa shape index (κ2) is 9.74. The number of sulfonamides is 1. The average molecular weight is 510 g/mol. The molecule has 0 fully saturated rings. The van der Waals surface area contributed by atoms with Gasteiger partial charge >= 0.3 is 6.18 Å². The maximum absolute atomic E-state index is 13.6. The second-order valence-corrected chi connectivity index (χ2v) is 9.54. The van der Waals surface area contributed by atoms with Gasteiger partial charge in [-0.25, -0.2) is 13.4 Å². The maximum Gasteiger partial charge on any atom is 0.421 e. The first kappa shape index (κ1) is 25.7. The number of rotatable bonds is 8. The van der Waals surface area contributed by atoms with Crippen LogP contribution in [0.25, 0.3) is 0 Å². The highest BCUT2D eigenvalue weighted by Crippen LogP contribution is 2.34. The van der Waals surface area contributed by atoms with Gasteiger partial charge in [0.1, 0.15) is 11.4 Å². The molecule has 0 aliphatic rings. The number of benzene rings is 1. The molecule has 0 saturated heterocycles. The summed E-state index contributed by atoms with van der Waals surface area (Å²) >= 11 is 0. The molecule has 0 aliphatic carbocycles. The van der Waals surface area contributed by atoms with Crippen molar-refractivity contribution in [1.29, 1.82) is 0 Å². The van der Waals surface area contributed by atoms with Gasteiger partial charge in [0.25, 0.3) is 0 Å². The molecular formula is C21H22F3N7O3S. The zero-order chi connectivity index (χ0) is 26.0. The van der Waals surface area contributed by atoms with Crippen molar-refractivity contribution in [3.8, 4) is 0 Å². The Hall–Kier alpha value is -3.94. The largest absolute Gasteiger partial charge is 0.421 e. The molecule has 186 valence electrons. The number of primary amides is 1. The topological polar surface area (TPSA) is 143 Å². The molecule has 0 saturated carbocycles. The number of pyridine rings is 1. The van der Waals surface area contributed by atoms with Crippen LogP contribution in [-0.4, -0.2) is 42.6 Å². The monoisotopic (exact) mass is 509 g/mol. The van der Waals surface area contributed by atoms with Gasteiger partial charge in [-0.3, -0.25) is 14.1 Å². The van der Waals surface area contributed by atoms with Gasteiger partial charge in [0, 0.05) is 30.7 Å². The quantitative estimate of drug-likeness (QED) is 0.420. The van der Waals surface area contributed by atoms with E-state index in [1.54, 1.807) is 13.0 Å². The summed E-state index contributed by atoms with van der Waals surface area (Å²) in [6.07, 6.45) is -1.73. The van der Waals surface area contributed by atoms with Crippen LogP contribution < -0.4 is 20.7 Å². The number of alkyl halides is 3. The van der Waals surface area contributed by atoms with Crippen LogP contribution in [0.4, 0.5) is 36.3 Å². The van der Waals surface area contributed by atoms with E-state index in [9.17, 15) is 26.4 Å². The molecular weight excluding hydrogens is 487 g/mol. The van der Waals surface area contributed by atoms with Gasteiger partial charge in [-0.05, 0) is 42.8 Å². The minimum atomic E-state index is -4.75. The van der Waals surface area contributed by atoms with Crippen molar-refractivity contribution >= 4 is 39.1 Å². The first-order valence-corrected chi connectivity index (χ1v) is 11.9. The Kier molecular flexibility index (Phi) is 7.14. The van der Waals surface area contributed by atoms with Crippen molar-refractivity contribution < 1.29 is 26.4 Å². The Morgan fingerprint density at radius 2 is 1.91 bits per heavy atom. The number of amides is 1. The molecule has 0 spiro atoms. The summed E-state index contributed by atoms with van der Waals surface area (Å²) in [6.45, 7) is 1.41. The molecule has 10 nitrogen and oxygen atoms in total.